The highest BCUT2D eigenvalue weighted by atomic mass is 35.5. The van der Waals surface area contributed by atoms with Crippen LogP contribution < -0.4 is 5.32 Å². The summed E-state index contributed by atoms with van der Waals surface area (Å²) in [4.78, 5) is 2.41. The van der Waals surface area contributed by atoms with Crippen LogP contribution in [0.2, 0.25) is 0 Å². The Labute approximate surface area is 155 Å². The molecule has 0 amide bonds. The van der Waals surface area contributed by atoms with Crippen molar-refractivity contribution in [3.05, 3.63) is 17.7 Å². The van der Waals surface area contributed by atoms with Gasteiger partial charge in [0.15, 0.2) is 11.5 Å². The normalized spacial score (nSPS) is 20.7. The molecule has 2 fully saturated rings. The second-order valence-electron chi connectivity index (χ2n) is 6.50. The maximum Gasteiger partial charge on any atom is 0.200 e. The van der Waals surface area contributed by atoms with Crippen molar-refractivity contribution in [2.75, 3.05) is 26.2 Å². The zero-order valence-corrected chi connectivity index (χ0v) is 15.4. The van der Waals surface area contributed by atoms with Crippen LogP contribution in [0.15, 0.2) is 12.1 Å². The van der Waals surface area contributed by atoms with Gasteiger partial charge in [-0.3, -0.25) is 4.90 Å². The molecule has 3 rings (SSSR count). The van der Waals surface area contributed by atoms with Crippen molar-refractivity contribution < 1.29 is 15.3 Å². The SMILES string of the molecule is Cl.Cl.Oc1ccc([C@@H](C2CCCCC2)N2CCNCC2)c(O)c1O. The summed E-state index contributed by atoms with van der Waals surface area (Å²) in [7, 11) is 0. The summed E-state index contributed by atoms with van der Waals surface area (Å²) in [5.41, 5.74) is 0.754. The van der Waals surface area contributed by atoms with Crippen LogP contribution in [0, 0.1) is 5.92 Å². The number of nitrogens with one attached hydrogen (secondary N) is 1. The first-order valence-electron chi connectivity index (χ1n) is 8.37. The Hall–Kier alpha value is -0.880. The van der Waals surface area contributed by atoms with E-state index in [-0.39, 0.29) is 42.4 Å². The molecule has 1 aliphatic heterocycles. The van der Waals surface area contributed by atoms with Gasteiger partial charge < -0.3 is 20.6 Å². The number of rotatable bonds is 3. The van der Waals surface area contributed by atoms with E-state index in [0.717, 1.165) is 44.6 Å². The lowest BCUT2D eigenvalue weighted by atomic mass is 9.79. The fraction of sp³-hybridized carbons (Fsp3) is 0.647. The molecule has 24 heavy (non-hydrogen) atoms. The first-order chi connectivity index (χ1) is 10.7. The summed E-state index contributed by atoms with van der Waals surface area (Å²) in [5, 5.41) is 33.2. The smallest absolute Gasteiger partial charge is 0.200 e. The Balaban J connectivity index is 0.00000144. The molecular weight excluding hydrogens is 351 g/mol. The topological polar surface area (TPSA) is 76.0 Å². The highest BCUT2D eigenvalue weighted by Gasteiger charge is 2.33. The number of phenols is 3. The van der Waals surface area contributed by atoms with E-state index in [1.165, 1.54) is 25.3 Å². The molecule has 0 aromatic heterocycles. The van der Waals surface area contributed by atoms with E-state index in [1.54, 1.807) is 6.07 Å². The van der Waals surface area contributed by atoms with Crippen LogP contribution in [0.25, 0.3) is 0 Å². The van der Waals surface area contributed by atoms with Crippen LogP contribution in [0.1, 0.15) is 43.7 Å². The molecule has 4 N–H and O–H groups in total. The summed E-state index contributed by atoms with van der Waals surface area (Å²) in [6.07, 6.45) is 6.08. The fourth-order valence-corrected chi connectivity index (χ4v) is 3.98. The van der Waals surface area contributed by atoms with E-state index in [1.807, 2.05) is 0 Å². The highest BCUT2D eigenvalue weighted by molar-refractivity contribution is 5.85. The Bertz CT molecular complexity index is 501. The number of halogens is 2. The lowest BCUT2D eigenvalue weighted by Gasteiger charge is -2.41. The van der Waals surface area contributed by atoms with E-state index in [2.05, 4.69) is 10.2 Å². The summed E-state index contributed by atoms with van der Waals surface area (Å²) in [5.74, 6) is -0.312. The third-order valence-electron chi connectivity index (χ3n) is 5.12. The second kappa shape index (κ2) is 9.56. The standard InChI is InChI=1S/C17H26N2O3.2ClH/c20-14-7-6-13(16(21)17(14)22)15(12-4-2-1-3-5-12)19-10-8-18-9-11-19;;/h6-7,12,15,18,20-22H,1-5,8-11H2;2*1H/t15-;;/m1../s1. The van der Waals surface area contributed by atoms with Crippen molar-refractivity contribution in [2.45, 2.75) is 38.1 Å². The van der Waals surface area contributed by atoms with Crippen LogP contribution >= 0.6 is 24.8 Å². The molecule has 1 aromatic carbocycles. The minimum atomic E-state index is -0.395. The van der Waals surface area contributed by atoms with Crippen molar-refractivity contribution in [3.8, 4) is 17.2 Å². The number of nitrogens with zero attached hydrogens (tertiary/aromatic N) is 1. The number of aromatic hydroxyl groups is 3. The van der Waals surface area contributed by atoms with Gasteiger partial charge >= 0.3 is 0 Å². The zero-order valence-electron chi connectivity index (χ0n) is 13.8. The van der Waals surface area contributed by atoms with E-state index in [4.69, 9.17) is 0 Å². The van der Waals surface area contributed by atoms with E-state index >= 15 is 0 Å². The minimum absolute atomic E-state index is 0. The number of hydrogen-bond donors (Lipinski definition) is 4. The van der Waals surface area contributed by atoms with E-state index < -0.39 is 5.75 Å². The van der Waals surface area contributed by atoms with Crippen molar-refractivity contribution in [1.82, 2.24) is 10.2 Å². The lowest BCUT2D eigenvalue weighted by molar-refractivity contribution is 0.101. The molecule has 1 heterocycles. The molecule has 1 aromatic rings. The third-order valence-corrected chi connectivity index (χ3v) is 5.12. The molecule has 0 spiro atoms. The number of benzene rings is 1. The van der Waals surface area contributed by atoms with Gasteiger partial charge in [-0.1, -0.05) is 19.3 Å². The summed E-state index contributed by atoms with van der Waals surface area (Å²) in [6, 6.07) is 3.38. The predicted molar refractivity (Wildman–Crippen MR) is 99.7 cm³/mol. The maximum atomic E-state index is 10.4. The highest BCUT2D eigenvalue weighted by Crippen LogP contribution is 2.46. The van der Waals surface area contributed by atoms with Crippen molar-refractivity contribution in [1.29, 1.82) is 0 Å². The van der Waals surface area contributed by atoms with Crippen molar-refractivity contribution >= 4 is 24.8 Å². The quantitative estimate of drug-likeness (QED) is 0.607. The predicted octanol–water partition coefficient (Wildman–Crippen LogP) is 3.17. The Morgan fingerprint density at radius 2 is 1.54 bits per heavy atom. The average molecular weight is 379 g/mol. The number of hydrogen-bond acceptors (Lipinski definition) is 5. The molecule has 0 bridgehead atoms. The lowest BCUT2D eigenvalue weighted by Crippen LogP contribution is -2.47. The molecular formula is C17H28Cl2N2O3. The van der Waals surface area contributed by atoms with Crippen LogP contribution in [-0.4, -0.2) is 46.4 Å². The molecule has 5 nitrogen and oxygen atoms in total. The maximum absolute atomic E-state index is 10.4. The molecule has 0 radical (unpaired) electrons. The van der Waals surface area contributed by atoms with Crippen LogP contribution in [0.4, 0.5) is 0 Å². The van der Waals surface area contributed by atoms with Gasteiger partial charge in [-0.05, 0) is 30.9 Å². The number of phenolic OH excluding ortho intramolecular Hbond substituents is 3. The zero-order chi connectivity index (χ0) is 15.5. The van der Waals surface area contributed by atoms with Crippen molar-refractivity contribution in [2.24, 2.45) is 5.92 Å². The van der Waals surface area contributed by atoms with Gasteiger partial charge in [-0.2, -0.15) is 0 Å². The Kier molecular flexibility index (Phi) is 8.43. The van der Waals surface area contributed by atoms with Crippen LogP contribution in [0.5, 0.6) is 17.2 Å². The van der Waals surface area contributed by atoms with Gasteiger partial charge in [-0.25, -0.2) is 0 Å². The molecule has 7 heteroatoms. The van der Waals surface area contributed by atoms with Crippen molar-refractivity contribution in [3.63, 3.8) is 0 Å². The third kappa shape index (κ3) is 4.39. The van der Waals surface area contributed by atoms with Gasteiger partial charge in [0.2, 0.25) is 5.75 Å². The molecule has 1 aliphatic carbocycles. The molecule has 2 aliphatic rings. The largest absolute Gasteiger partial charge is 0.504 e. The average Bonchev–Trinajstić information content (AvgIpc) is 2.57. The van der Waals surface area contributed by atoms with Gasteiger partial charge in [0.1, 0.15) is 0 Å². The summed E-state index contributed by atoms with van der Waals surface area (Å²) < 4.78 is 0. The van der Waals surface area contributed by atoms with Crippen LogP contribution in [0.3, 0.4) is 0 Å². The monoisotopic (exact) mass is 378 g/mol. The van der Waals surface area contributed by atoms with Gasteiger partial charge in [0.05, 0.1) is 0 Å². The fourth-order valence-electron chi connectivity index (χ4n) is 3.98. The second-order valence-corrected chi connectivity index (χ2v) is 6.50. The molecule has 138 valence electrons. The summed E-state index contributed by atoms with van der Waals surface area (Å²) in [6.45, 7) is 3.80. The number of piperazine rings is 1. The molecule has 1 saturated carbocycles. The van der Waals surface area contributed by atoms with Gasteiger partial charge in [-0.15, -0.1) is 24.8 Å². The minimum Gasteiger partial charge on any atom is -0.504 e. The Morgan fingerprint density at radius 3 is 2.17 bits per heavy atom. The molecule has 1 saturated heterocycles. The summed E-state index contributed by atoms with van der Waals surface area (Å²) >= 11 is 0. The van der Waals surface area contributed by atoms with E-state index in [9.17, 15) is 15.3 Å². The van der Waals surface area contributed by atoms with Gasteiger partial charge in [0, 0.05) is 37.8 Å². The van der Waals surface area contributed by atoms with Crippen LogP contribution in [-0.2, 0) is 0 Å². The molecule has 0 unspecified atom stereocenters. The first-order valence-corrected chi connectivity index (χ1v) is 8.37. The van der Waals surface area contributed by atoms with E-state index in [0.29, 0.717) is 5.92 Å². The van der Waals surface area contributed by atoms with Gasteiger partial charge in [0.25, 0.3) is 0 Å². The molecule has 1 atom stereocenters. The Morgan fingerprint density at radius 1 is 0.917 bits per heavy atom. The first kappa shape index (κ1) is 21.2.